The minimum atomic E-state index is -0.411. The Hall–Kier alpha value is -1.75. The van der Waals surface area contributed by atoms with Gasteiger partial charge in [-0.25, -0.2) is 0 Å². The molecule has 5 nitrogen and oxygen atoms in total. The van der Waals surface area contributed by atoms with Crippen molar-refractivity contribution in [3.8, 4) is 11.5 Å². The largest absolute Gasteiger partial charge is 0.486 e. The Morgan fingerprint density at radius 1 is 1.33 bits per heavy atom. The highest BCUT2D eigenvalue weighted by molar-refractivity contribution is 5.80. The molecule has 2 N–H and O–H groups in total. The lowest BCUT2D eigenvalue weighted by Gasteiger charge is -2.38. The van der Waals surface area contributed by atoms with Gasteiger partial charge in [0, 0.05) is 13.1 Å². The van der Waals surface area contributed by atoms with E-state index >= 15 is 0 Å². The van der Waals surface area contributed by atoms with Crippen LogP contribution in [0, 0.1) is 5.41 Å². The maximum absolute atomic E-state index is 11.6. The maximum Gasteiger partial charge on any atom is 0.224 e. The number of fused-ring (bicyclic) bond motifs is 1. The summed E-state index contributed by atoms with van der Waals surface area (Å²) in [5, 5.41) is 0. The minimum Gasteiger partial charge on any atom is -0.486 e. The summed E-state index contributed by atoms with van der Waals surface area (Å²) in [6, 6.07) is 6.05. The molecule has 0 saturated carbocycles. The van der Waals surface area contributed by atoms with Crippen molar-refractivity contribution in [1.82, 2.24) is 4.90 Å². The fourth-order valence-electron chi connectivity index (χ4n) is 3.12. The standard InChI is InChI=1S/C16H22N2O3/c1-16(15(17)19)5-2-6-18(11-16)10-12-3-4-13-14(9-12)21-8-7-20-13/h3-4,9H,2,5-8,10-11H2,1H3,(H2,17,19). The zero-order valence-electron chi connectivity index (χ0n) is 12.4. The topological polar surface area (TPSA) is 64.8 Å². The third-order valence-corrected chi connectivity index (χ3v) is 4.38. The number of carbonyl (C=O) groups is 1. The van der Waals surface area contributed by atoms with Crippen LogP contribution in [0.3, 0.4) is 0 Å². The number of nitrogens with zero attached hydrogens (tertiary/aromatic N) is 1. The molecular weight excluding hydrogens is 268 g/mol. The smallest absolute Gasteiger partial charge is 0.224 e. The lowest BCUT2D eigenvalue weighted by Crippen LogP contribution is -2.48. The predicted octanol–water partition coefficient (Wildman–Crippen LogP) is 1.55. The molecule has 21 heavy (non-hydrogen) atoms. The Morgan fingerprint density at radius 2 is 2.10 bits per heavy atom. The molecule has 1 fully saturated rings. The van der Waals surface area contributed by atoms with Crippen molar-refractivity contribution in [3.63, 3.8) is 0 Å². The van der Waals surface area contributed by atoms with Crippen LogP contribution in [0.5, 0.6) is 11.5 Å². The van der Waals surface area contributed by atoms with E-state index in [-0.39, 0.29) is 5.91 Å². The third-order valence-electron chi connectivity index (χ3n) is 4.38. The monoisotopic (exact) mass is 290 g/mol. The Labute approximate surface area is 125 Å². The van der Waals surface area contributed by atoms with Crippen LogP contribution in [0.4, 0.5) is 0 Å². The number of rotatable bonds is 3. The lowest BCUT2D eigenvalue weighted by atomic mass is 9.81. The van der Waals surface area contributed by atoms with Gasteiger partial charge < -0.3 is 15.2 Å². The molecule has 0 radical (unpaired) electrons. The fraction of sp³-hybridized carbons (Fsp3) is 0.562. The van der Waals surface area contributed by atoms with Crippen molar-refractivity contribution in [2.75, 3.05) is 26.3 Å². The maximum atomic E-state index is 11.6. The van der Waals surface area contributed by atoms with Crippen LogP contribution in [0.15, 0.2) is 18.2 Å². The van der Waals surface area contributed by atoms with Gasteiger partial charge in [0.25, 0.3) is 0 Å². The molecule has 0 aromatic heterocycles. The predicted molar refractivity (Wildman–Crippen MR) is 79.2 cm³/mol. The van der Waals surface area contributed by atoms with Crippen molar-refractivity contribution >= 4 is 5.91 Å². The van der Waals surface area contributed by atoms with Crippen LogP contribution in [-0.2, 0) is 11.3 Å². The zero-order chi connectivity index (χ0) is 14.9. The van der Waals surface area contributed by atoms with Crippen molar-refractivity contribution in [3.05, 3.63) is 23.8 Å². The molecule has 1 aromatic carbocycles. The van der Waals surface area contributed by atoms with E-state index in [0.717, 1.165) is 44.0 Å². The molecule has 2 aliphatic rings. The van der Waals surface area contributed by atoms with Crippen molar-refractivity contribution in [1.29, 1.82) is 0 Å². The van der Waals surface area contributed by atoms with Gasteiger partial charge in [0.2, 0.25) is 5.91 Å². The van der Waals surface area contributed by atoms with Gasteiger partial charge >= 0.3 is 0 Å². The highest BCUT2D eigenvalue weighted by atomic mass is 16.6. The van der Waals surface area contributed by atoms with Crippen molar-refractivity contribution < 1.29 is 14.3 Å². The Bertz CT molecular complexity index is 546. The molecule has 1 unspecified atom stereocenters. The zero-order valence-corrected chi connectivity index (χ0v) is 12.4. The second kappa shape index (κ2) is 5.56. The number of hydrogen-bond acceptors (Lipinski definition) is 4. The highest BCUT2D eigenvalue weighted by Gasteiger charge is 2.36. The van der Waals surface area contributed by atoms with Crippen LogP contribution in [0.1, 0.15) is 25.3 Å². The van der Waals surface area contributed by atoms with Crippen molar-refractivity contribution in [2.24, 2.45) is 11.1 Å². The molecule has 2 aliphatic heterocycles. The van der Waals surface area contributed by atoms with E-state index in [1.165, 1.54) is 5.56 Å². The Kier molecular flexibility index (Phi) is 3.76. The van der Waals surface area contributed by atoms with Crippen LogP contribution < -0.4 is 15.2 Å². The normalized spacial score (nSPS) is 25.6. The summed E-state index contributed by atoms with van der Waals surface area (Å²) in [7, 11) is 0. The van der Waals surface area contributed by atoms with E-state index < -0.39 is 5.41 Å². The lowest BCUT2D eigenvalue weighted by molar-refractivity contribution is -0.129. The SMILES string of the molecule is CC1(C(N)=O)CCCN(Cc2ccc3c(c2)OCCO3)C1. The number of benzene rings is 1. The molecular formula is C16H22N2O3. The van der Waals surface area contributed by atoms with E-state index in [2.05, 4.69) is 11.0 Å². The van der Waals surface area contributed by atoms with Gasteiger partial charge in [-0.1, -0.05) is 6.07 Å². The minimum absolute atomic E-state index is 0.200. The first kappa shape index (κ1) is 14.2. The average molecular weight is 290 g/mol. The fourth-order valence-corrected chi connectivity index (χ4v) is 3.12. The molecule has 0 aliphatic carbocycles. The van der Waals surface area contributed by atoms with E-state index in [1.54, 1.807) is 0 Å². The summed E-state index contributed by atoms with van der Waals surface area (Å²) >= 11 is 0. The summed E-state index contributed by atoms with van der Waals surface area (Å²) in [6.45, 7) is 5.69. The molecule has 1 saturated heterocycles. The van der Waals surface area contributed by atoms with Gasteiger partial charge in [0.05, 0.1) is 5.41 Å². The van der Waals surface area contributed by atoms with E-state index in [0.29, 0.717) is 13.2 Å². The van der Waals surface area contributed by atoms with Gasteiger partial charge in [0.1, 0.15) is 13.2 Å². The van der Waals surface area contributed by atoms with Gasteiger partial charge in [-0.15, -0.1) is 0 Å². The second-order valence-corrected chi connectivity index (χ2v) is 6.22. The number of ether oxygens (including phenoxy) is 2. The van der Waals surface area contributed by atoms with Gasteiger partial charge in [-0.2, -0.15) is 0 Å². The summed E-state index contributed by atoms with van der Waals surface area (Å²) < 4.78 is 11.1. The quantitative estimate of drug-likeness (QED) is 0.917. The number of hydrogen-bond donors (Lipinski definition) is 1. The summed E-state index contributed by atoms with van der Waals surface area (Å²) in [5.74, 6) is 1.42. The summed E-state index contributed by atoms with van der Waals surface area (Å²) in [6.07, 6.45) is 1.88. The highest BCUT2D eigenvalue weighted by Crippen LogP contribution is 2.33. The Balaban J connectivity index is 1.70. The average Bonchev–Trinajstić information content (AvgIpc) is 2.47. The number of primary amides is 1. The first-order valence-corrected chi connectivity index (χ1v) is 7.48. The molecule has 2 heterocycles. The van der Waals surface area contributed by atoms with Crippen LogP contribution in [0.2, 0.25) is 0 Å². The van der Waals surface area contributed by atoms with Gasteiger partial charge in [-0.3, -0.25) is 9.69 Å². The summed E-state index contributed by atoms with van der Waals surface area (Å²) in [4.78, 5) is 13.9. The number of carbonyl (C=O) groups excluding carboxylic acids is 1. The van der Waals surface area contributed by atoms with E-state index in [1.807, 2.05) is 19.1 Å². The molecule has 5 heteroatoms. The van der Waals surface area contributed by atoms with Gasteiger partial charge in [0.15, 0.2) is 11.5 Å². The molecule has 0 bridgehead atoms. The number of amides is 1. The molecule has 1 aromatic rings. The molecule has 1 atom stereocenters. The van der Waals surface area contributed by atoms with E-state index in [9.17, 15) is 4.79 Å². The first-order chi connectivity index (χ1) is 10.1. The summed E-state index contributed by atoms with van der Waals surface area (Å²) in [5.41, 5.74) is 6.31. The van der Waals surface area contributed by atoms with Crippen LogP contribution in [-0.4, -0.2) is 37.1 Å². The van der Waals surface area contributed by atoms with E-state index in [4.69, 9.17) is 15.2 Å². The van der Waals surface area contributed by atoms with Crippen LogP contribution in [0.25, 0.3) is 0 Å². The molecule has 114 valence electrons. The molecule has 3 rings (SSSR count). The molecule has 0 spiro atoms. The number of likely N-dealkylation sites (tertiary alicyclic amines) is 1. The Morgan fingerprint density at radius 3 is 2.86 bits per heavy atom. The third kappa shape index (κ3) is 2.97. The second-order valence-electron chi connectivity index (χ2n) is 6.22. The van der Waals surface area contributed by atoms with Crippen molar-refractivity contribution in [2.45, 2.75) is 26.3 Å². The van der Waals surface area contributed by atoms with Gasteiger partial charge in [-0.05, 0) is 44.0 Å². The molecule has 1 amide bonds. The number of piperidine rings is 1. The first-order valence-electron chi connectivity index (χ1n) is 7.48. The van der Waals surface area contributed by atoms with Crippen LogP contribution >= 0.6 is 0 Å². The number of nitrogens with two attached hydrogens (primary N) is 1.